The Hall–Kier alpha value is -2.83. The average molecular weight is 402 g/mol. The normalized spacial score (nSPS) is 12.0. The summed E-state index contributed by atoms with van der Waals surface area (Å²) < 4.78 is 10.7. The van der Waals surface area contributed by atoms with Crippen LogP contribution in [0.25, 0.3) is 11.0 Å². The summed E-state index contributed by atoms with van der Waals surface area (Å²) in [6.07, 6.45) is -0.810. The number of aliphatic hydroxyl groups is 1. The molecule has 1 aromatic heterocycles. The lowest BCUT2D eigenvalue weighted by molar-refractivity contribution is -0.123. The summed E-state index contributed by atoms with van der Waals surface area (Å²) in [6, 6.07) is 12.2. The molecule has 0 unspecified atom stereocenters. The molecule has 3 aromatic rings. The van der Waals surface area contributed by atoms with Crippen LogP contribution in [-0.4, -0.2) is 24.2 Å². The highest BCUT2D eigenvalue weighted by molar-refractivity contribution is 6.32. The largest absolute Gasteiger partial charge is 0.482 e. The average Bonchev–Trinajstić information content (AvgIpc) is 2.70. The molecule has 6 nitrogen and oxygen atoms in total. The summed E-state index contributed by atoms with van der Waals surface area (Å²) in [6.45, 7) is 3.27. The predicted molar refractivity (Wildman–Crippen MR) is 107 cm³/mol. The van der Waals surface area contributed by atoms with E-state index in [1.807, 2.05) is 25.1 Å². The molecule has 0 radical (unpaired) electrons. The maximum absolute atomic E-state index is 12.0. The number of nitrogens with one attached hydrogen (secondary N) is 1. The zero-order valence-corrected chi connectivity index (χ0v) is 16.2. The van der Waals surface area contributed by atoms with Crippen molar-refractivity contribution in [2.45, 2.75) is 20.0 Å². The maximum Gasteiger partial charge on any atom is 0.339 e. The standard InChI is InChI=1S/C21H20ClNO5/c1-12-13(2)21(26)28-18-9-19(16(22)8-15(12)18)27-11-20(25)23-10-17(24)14-6-4-3-5-7-14/h3-9,17,24H,10-11H2,1-2H3,(H,23,25)/t17-/m0/s1. The van der Waals surface area contributed by atoms with Gasteiger partial charge in [0.1, 0.15) is 11.3 Å². The van der Waals surface area contributed by atoms with E-state index in [0.29, 0.717) is 27.1 Å². The fourth-order valence-corrected chi connectivity index (χ4v) is 2.97. The SMILES string of the molecule is Cc1c(C)c2cc(Cl)c(OCC(=O)NC[C@H](O)c3ccccc3)cc2oc1=O. The van der Waals surface area contributed by atoms with Crippen LogP contribution in [0.15, 0.2) is 51.7 Å². The number of aliphatic hydroxyl groups excluding tert-OH is 1. The number of carbonyl (C=O) groups is 1. The molecule has 1 heterocycles. The van der Waals surface area contributed by atoms with Crippen LogP contribution in [0.4, 0.5) is 0 Å². The van der Waals surface area contributed by atoms with Crippen LogP contribution < -0.4 is 15.7 Å². The second kappa shape index (κ2) is 8.46. The molecule has 0 bridgehead atoms. The van der Waals surface area contributed by atoms with Crippen molar-refractivity contribution in [2.24, 2.45) is 0 Å². The molecule has 1 amide bonds. The minimum atomic E-state index is -0.810. The van der Waals surface area contributed by atoms with Gasteiger partial charge in [-0.3, -0.25) is 4.79 Å². The number of hydrogen-bond donors (Lipinski definition) is 2. The first-order valence-corrected chi connectivity index (χ1v) is 9.10. The molecule has 0 fully saturated rings. The smallest absolute Gasteiger partial charge is 0.339 e. The molecule has 28 heavy (non-hydrogen) atoms. The van der Waals surface area contributed by atoms with Crippen molar-refractivity contribution in [2.75, 3.05) is 13.2 Å². The van der Waals surface area contributed by atoms with E-state index in [1.54, 1.807) is 25.1 Å². The van der Waals surface area contributed by atoms with E-state index < -0.39 is 17.6 Å². The first-order chi connectivity index (χ1) is 13.4. The van der Waals surface area contributed by atoms with Crippen molar-refractivity contribution in [3.8, 4) is 5.75 Å². The lowest BCUT2D eigenvalue weighted by atomic mass is 10.1. The number of aryl methyl sites for hydroxylation is 1. The van der Waals surface area contributed by atoms with Gasteiger partial charge in [0, 0.05) is 23.6 Å². The quantitative estimate of drug-likeness (QED) is 0.619. The number of benzene rings is 2. The number of amides is 1. The summed E-state index contributed by atoms with van der Waals surface area (Å²) in [4.78, 5) is 23.9. The van der Waals surface area contributed by atoms with Crippen LogP contribution >= 0.6 is 11.6 Å². The first kappa shape index (κ1) is 19.9. The molecular formula is C21H20ClNO5. The van der Waals surface area contributed by atoms with Crippen LogP contribution in [0.2, 0.25) is 5.02 Å². The zero-order valence-electron chi connectivity index (χ0n) is 15.5. The highest BCUT2D eigenvalue weighted by atomic mass is 35.5. The van der Waals surface area contributed by atoms with Gasteiger partial charge in [0.25, 0.3) is 5.91 Å². The van der Waals surface area contributed by atoms with Crippen LogP contribution in [0, 0.1) is 13.8 Å². The third-order valence-electron chi connectivity index (χ3n) is 4.55. The van der Waals surface area contributed by atoms with Crippen molar-refractivity contribution in [3.05, 3.63) is 74.6 Å². The fourth-order valence-electron chi connectivity index (χ4n) is 2.75. The van der Waals surface area contributed by atoms with Crippen molar-refractivity contribution < 1.29 is 19.1 Å². The van der Waals surface area contributed by atoms with Crippen LogP contribution in [-0.2, 0) is 4.79 Å². The molecule has 0 saturated heterocycles. The Balaban J connectivity index is 1.64. The molecule has 0 aliphatic heterocycles. The Morgan fingerprint density at radius 3 is 2.64 bits per heavy atom. The monoisotopic (exact) mass is 401 g/mol. The predicted octanol–water partition coefficient (Wildman–Crippen LogP) is 3.29. The van der Waals surface area contributed by atoms with Crippen LogP contribution in [0.1, 0.15) is 22.8 Å². The maximum atomic E-state index is 12.0. The van der Waals surface area contributed by atoms with Crippen molar-refractivity contribution >= 4 is 28.5 Å². The van der Waals surface area contributed by atoms with Gasteiger partial charge < -0.3 is 19.6 Å². The Kier molecular flexibility index (Phi) is 6.02. The molecule has 146 valence electrons. The third-order valence-corrected chi connectivity index (χ3v) is 4.84. The van der Waals surface area contributed by atoms with Gasteiger partial charge >= 0.3 is 5.63 Å². The Labute approximate surface area is 166 Å². The molecule has 2 aromatic carbocycles. The van der Waals surface area contributed by atoms with E-state index in [1.165, 1.54) is 6.07 Å². The first-order valence-electron chi connectivity index (χ1n) is 8.73. The van der Waals surface area contributed by atoms with Gasteiger partial charge in [0.05, 0.1) is 11.1 Å². The van der Waals surface area contributed by atoms with Gasteiger partial charge in [-0.05, 0) is 31.0 Å². The van der Waals surface area contributed by atoms with E-state index in [4.69, 9.17) is 20.8 Å². The lowest BCUT2D eigenvalue weighted by Crippen LogP contribution is -2.32. The molecule has 0 saturated carbocycles. The minimum Gasteiger partial charge on any atom is -0.482 e. The van der Waals surface area contributed by atoms with Crippen LogP contribution in [0.5, 0.6) is 5.75 Å². The van der Waals surface area contributed by atoms with E-state index in [0.717, 1.165) is 5.56 Å². The van der Waals surface area contributed by atoms with E-state index in [-0.39, 0.29) is 18.9 Å². The van der Waals surface area contributed by atoms with Crippen molar-refractivity contribution in [1.29, 1.82) is 0 Å². The highest BCUT2D eigenvalue weighted by Crippen LogP contribution is 2.31. The minimum absolute atomic E-state index is 0.0605. The Morgan fingerprint density at radius 1 is 1.21 bits per heavy atom. The van der Waals surface area contributed by atoms with Gasteiger partial charge in [-0.1, -0.05) is 41.9 Å². The summed E-state index contributed by atoms with van der Waals surface area (Å²) in [5.41, 5.74) is 1.93. The summed E-state index contributed by atoms with van der Waals surface area (Å²) in [7, 11) is 0. The Bertz CT molecular complexity index is 1060. The Morgan fingerprint density at radius 2 is 1.93 bits per heavy atom. The zero-order chi connectivity index (χ0) is 20.3. The van der Waals surface area contributed by atoms with E-state index in [9.17, 15) is 14.7 Å². The van der Waals surface area contributed by atoms with Gasteiger partial charge in [-0.25, -0.2) is 4.79 Å². The number of ether oxygens (including phenoxy) is 1. The topological polar surface area (TPSA) is 88.8 Å². The van der Waals surface area contributed by atoms with Crippen molar-refractivity contribution in [3.63, 3.8) is 0 Å². The van der Waals surface area contributed by atoms with E-state index in [2.05, 4.69) is 5.32 Å². The molecule has 7 heteroatoms. The van der Waals surface area contributed by atoms with Crippen LogP contribution in [0.3, 0.4) is 0 Å². The fraction of sp³-hybridized carbons (Fsp3) is 0.238. The molecule has 1 atom stereocenters. The molecule has 3 rings (SSSR count). The van der Waals surface area contributed by atoms with Crippen molar-refractivity contribution in [1.82, 2.24) is 5.32 Å². The number of fused-ring (bicyclic) bond motifs is 1. The molecule has 0 spiro atoms. The lowest BCUT2D eigenvalue weighted by Gasteiger charge is -2.13. The number of halogens is 1. The number of hydrogen-bond acceptors (Lipinski definition) is 5. The van der Waals surface area contributed by atoms with Gasteiger partial charge in [-0.2, -0.15) is 0 Å². The highest BCUT2D eigenvalue weighted by Gasteiger charge is 2.14. The molecule has 2 N–H and O–H groups in total. The second-order valence-corrected chi connectivity index (χ2v) is 6.84. The summed E-state index contributed by atoms with van der Waals surface area (Å²) >= 11 is 6.24. The van der Waals surface area contributed by atoms with Gasteiger partial charge in [-0.15, -0.1) is 0 Å². The second-order valence-electron chi connectivity index (χ2n) is 6.44. The number of rotatable bonds is 6. The summed E-state index contributed by atoms with van der Waals surface area (Å²) in [5, 5.41) is 13.7. The van der Waals surface area contributed by atoms with Gasteiger partial charge in [0.15, 0.2) is 6.61 Å². The van der Waals surface area contributed by atoms with Gasteiger partial charge in [0.2, 0.25) is 0 Å². The van der Waals surface area contributed by atoms with E-state index >= 15 is 0 Å². The molecule has 0 aliphatic carbocycles. The molecular weight excluding hydrogens is 382 g/mol. The third kappa shape index (κ3) is 4.35. The molecule has 0 aliphatic rings. The number of carbonyl (C=O) groups excluding carboxylic acids is 1. The summed E-state index contributed by atoms with van der Waals surface area (Å²) in [5.74, 6) is -0.174.